The number of nitrogen functional groups attached to an aromatic ring is 1. The molecule has 0 unspecified atom stereocenters. The van der Waals surface area contributed by atoms with E-state index in [1.165, 1.54) is 12.4 Å². The molecule has 1 aromatic carbocycles. The topological polar surface area (TPSA) is 108 Å². The van der Waals surface area contributed by atoms with Gasteiger partial charge in [-0.05, 0) is 30.6 Å². The van der Waals surface area contributed by atoms with Crippen molar-refractivity contribution < 1.29 is 14.3 Å². The molecule has 0 aliphatic carbocycles. The molecule has 9 nitrogen and oxygen atoms in total. The minimum atomic E-state index is 0.0839. The highest BCUT2D eigenvalue weighted by Gasteiger charge is 2.26. The molecule has 158 valence electrons. The van der Waals surface area contributed by atoms with E-state index in [0.717, 1.165) is 24.8 Å². The van der Waals surface area contributed by atoms with E-state index >= 15 is 0 Å². The monoisotopic (exact) mass is 418 g/mol. The van der Waals surface area contributed by atoms with Crippen LogP contribution in [0.4, 0.5) is 5.82 Å². The average Bonchev–Trinajstić information content (AvgIpc) is 3.41. The van der Waals surface area contributed by atoms with Crippen molar-refractivity contribution in [1.82, 2.24) is 24.6 Å². The molecule has 1 aliphatic rings. The number of rotatable bonds is 5. The first kappa shape index (κ1) is 20.2. The number of hydrogen-bond donors (Lipinski definition) is 1. The van der Waals surface area contributed by atoms with E-state index in [4.69, 9.17) is 20.3 Å². The van der Waals surface area contributed by atoms with Gasteiger partial charge in [-0.15, -0.1) is 0 Å². The number of allylic oxidation sites excluding steroid dienone is 1. The molecule has 0 saturated carbocycles. The Morgan fingerprint density at radius 1 is 1.16 bits per heavy atom. The number of carbonyl (C=O) groups is 1. The number of carbonyl (C=O) groups excluding carboxylic acids is 1. The van der Waals surface area contributed by atoms with Gasteiger partial charge in [0.15, 0.2) is 5.65 Å². The van der Waals surface area contributed by atoms with Crippen LogP contribution in [0.25, 0.3) is 11.0 Å². The molecule has 0 radical (unpaired) electrons. The van der Waals surface area contributed by atoms with Crippen LogP contribution in [-0.2, 0) is 4.79 Å². The fourth-order valence-electron chi connectivity index (χ4n) is 3.61. The number of methoxy groups -OCH3 is 2. The third-order valence-electron chi connectivity index (χ3n) is 5.11. The minimum Gasteiger partial charge on any atom is -0.497 e. The Bertz CT molecular complexity index is 1180. The van der Waals surface area contributed by atoms with E-state index in [-0.39, 0.29) is 6.04 Å². The van der Waals surface area contributed by atoms with E-state index in [0.29, 0.717) is 40.6 Å². The van der Waals surface area contributed by atoms with Gasteiger partial charge in [-0.1, -0.05) is 5.92 Å². The Balaban J connectivity index is 1.73. The smallest absolute Gasteiger partial charge is 0.164 e. The summed E-state index contributed by atoms with van der Waals surface area (Å²) in [4.78, 5) is 21.2. The van der Waals surface area contributed by atoms with Gasteiger partial charge < -0.3 is 20.1 Å². The van der Waals surface area contributed by atoms with Gasteiger partial charge in [-0.25, -0.2) is 14.6 Å². The second kappa shape index (κ2) is 8.75. The number of anilines is 1. The summed E-state index contributed by atoms with van der Waals surface area (Å²) in [6.07, 6.45) is 6.34. The third-order valence-corrected chi connectivity index (χ3v) is 5.11. The summed E-state index contributed by atoms with van der Waals surface area (Å²) in [6.45, 7) is 1.53. The van der Waals surface area contributed by atoms with Gasteiger partial charge in [0.25, 0.3) is 0 Å². The lowest BCUT2D eigenvalue weighted by atomic mass is 10.2. The van der Waals surface area contributed by atoms with E-state index in [9.17, 15) is 4.79 Å². The van der Waals surface area contributed by atoms with Crippen molar-refractivity contribution in [1.29, 1.82) is 0 Å². The molecular formula is C22H22N6O3. The first-order valence-corrected chi connectivity index (χ1v) is 9.72. The number of nitrogens with two attached hydrogens (primary N) is 1. The van der Waals surface area contributed by atoms with E-state index in [1.807, 2.05) is 16.8 Å². The summed E-state index contributed by atoms with van der Waals surface area (Å²) < 4.78 is 12.5. The van der Waals surface area contributed by atoms with Crippen LogP contribution in [-0.4, -0.2) is 58.2 Å². The van der Waals surface area contributed by atoms with Crippen LogP contribution in [0, 0.1) is 11.8 Å². The van der Waals surface area contributed by atoms with E-state index in [2.05, 4.69) is 26.7 Å². The summed E-state index contributed by atoms with van der Waals surface area (Å²) in [5.74, 6) is 7.85. The Morgan fingerprint density at radius 2 is 1.94 bits per heavy atom. The SMILES string of the molecule is COc1cc(C#Cc2nn([C@H]3CCN(C=CC=O)C3)c3ncnc(N)c23)cc(OC)c1. The zero-order valence-electron chi connectivity index (χ0n) is 17.3. The fourth-order valence-corrected chi connectivity index (χ4v) is 3.61. The number of aldehydes is 1. The number of likely N-dealkylation sites (tertiary alicyclic amines) is 1. The molecule has 0 spiro atoms. The lowest BCUT2D eigenvalue weighted by Crippen LogP contribution is -2.17. The Kier molecular flexibility index (Phi) is 5.71. The first-order valence-electron chi connectivity index (χ1n) is 9.72. The fraction of sp³-hybridized carbons (Fsp3) is 0.273. The predicted octanol–water partition coefficient (Wildman–Crippen LogP) is 1.78. The first-order chi connectivity index (χ1) is 15.1. The second-order valence-corrected chi connectivity index (χ2v) is 7.02. The van der Waals surface area contributed by atoms with Gasteiger partial charge in [0, 0.05) is 30.9 Å². The number of fused-ring (bicyclic) bond motifs is 1. The van der Waals surface area contributed by atoms with Crippen molar-refractivity contribution in [2.24, 2.45) is 0 Å². The Labute approximate surface area is 179 Å². The van der Waals surface area contributed by atoms with Crippen LogP contribution >= 0.6 is 0 Å². The molecule has 1 saturated heterocycles. The minimum absolute atomic E-state index is 0.0839. The number of hydrogen-bond acceptors (Lipinski definition) is 8. The molecule has 4 rings (SSSR count). The highest BCUT2D eigenvalue weighted by molar-refractivity contribution is 5.90. The molecular weight excluding hydrogens is 396 g/mol. The van der Waals surface area contributed by atoms with Crippen molar-refractivity contribution in [3.05, 3.63) is 48.1 Å². The van der Waals surface area contributed by atoms with Crippen molar-refractivity contribution in [3.63, 3.8) is 0 Å². The molecule has 1 fully saturated rings. The van der Waals surface area contributed by atoms with Crippen LogP contribution in [0.2, 0.25) is 0 Å². The van der Waals surface area contributed by atoms with Gasteiger partial charge >= 0.3 is 0 Å². The van der Waals surface area contributed by atoms with Crippen LogP contribution in [0.3, 0.4) is 0 Å². The quantitative estimate of drug-likeness (QED) is 0.380. The molecule has 1 atom stereocenters. The summed E-state index contributed by atoms with van der Waals surface area (Å²) in [5, 5.41) is 5.36. The largest absolute Gasteiger partial charge is 0.497 e. The maximum Gasteiger partial charge on any atom is 0.164 e. The standard InChI is InChI=1S/C22H22N6O3/c1-30-17-10-15(11-18(12-17)31-2)4-5-19-20-21(23)24-14-25-22(20)28(26-19)16-6-8-27(13-16)7-3-9-29/h3,7,9-12,14,16H,6,8,13H2,1-2H3,(H2,23,24,25)/t16-/m0/s1. The molecule has 0 bridgehead atoms. The van der Waals surface area contributed by atoms with Crippen LogP contribution < -0.4 is 15.2 Å². The molecule has 31 heavy (non-hydrogen) atoms. The lowest BCUT2D eigenvalue weighted by Gasteiger charge is -2.13. The summed E-state index contributed by atoms with van der Waals surface area (Å²) >= 11 is 0. The van der Waals surface area contributed by atoms with Crippen molar-refractivity contribution in [3.8, 4) is 23.3 Å². The van der Waals surface area contributed by atoms with Gasteiger partial charge in [-0.2, -0.15) is 5.10 Å². The van der Waals surface area contributed by atoms with Gasteiger partial charge in [-0.3, -0.25) is 4.79 Å². The highest BCUT2D eigenvalue weighted by atomic mass is 16.5. The van der Waals surface area contributed by atoms with Gasteiger partial charge in [0.2, 0.25) is 0 Å². The molecule has 9 heteroatoms. The van der Waals surface area contributed by atoms with Gasteiger partial charge in [0.1, 0.15) is 35.6 Å². The van der Waals surface area contributed by atoms with Crippen molar-refractivity contribution in [2.75, 3.05) is 33.0 Å². The molecule has 2 N–H and O–H groups in total. The zero-order chi connectivity index (χ0) is 21.8. The maximum absolute atomic E-state index is 10.6. The van der Waals surface area contributed by atoms with Crippen LogP contribution in [0.1, 0.15) is 23.7 Å². The summed E-state index contributed by atoms with van der Waals surface area (Å²) in [6, 6.07) is 5.51. The van der Waals surface area contributed by atoms with Crippen molar-refractivity contribution in [2.45, 2.75) is 12.5 Å². The number of ether oxygens (including phenoxy) is 2. The van der Waals surface area contributed by atoms with E-state index < -0.39 is 0 Å². The maximum atomic E-state index is 10.6. The molecule has 1 aliphatic heterocycles. The molecule has 0 amide bonds. The number of benzene rings is 1. The zero-order valence-corrected chi connectivity index (χ0v) is 17.3. The number of nitrogens with zero attached hydrogens (tertiary/aromatic N) is 5. The lowest BCUT2D eigenvalue weighted by molar-refractivity contribution is -0.104. The van der Waals surface area contributed by atoms with Crippen LogP contribution in [0.5, 0.6) is 11.5 Å². The normalized spacial score (nSPS) is 15.8. The summed E-state index contributed by atoms with van der Waals surface area (Å²) in [7, 11) is 3.18. The van der Waals surface area contributed by atoms with Crippen molar-refractivity contribution >= 4 is 23.1 Å². The molecule has 3 aromatic rings. The Hall–Kier alpha value is -4.06. The Morgan fingerprint density at radius 3 is 2.65 bits per heavy atom. The van der Waals surface area contributed by atoms with Gasteiger partial charge in [0.05, 0.1) is 25.6 Å². The summed E-state index contributed by atoms with van der Waals surface area (Å²) in [5.41, 5.74) is 8.03. The van der Waals surface area contributed by atoms with Crippen LogP contribution in [0.15, 0.2) is 36.8 Å². The molecule has 2 aromatic heterocycles. The molecule has 3 heterocycles. The third kappa shape index (κ3) is 4.14. The second-order valence-electron chi connectivity index (χ2n) is 7.02. The average molecular weight is 418 g/mol. The highest BCUT2D eigenvalue weighted by Crippen LogP contribution is 2.28. The predicted molar refractivity (Wildman–Crippen MR) is 116 cm³/mol. The van der Waals surface area contributed by atoms with E-state index in [1.54, 1.807) is 26.5 Å². The number of aromatic nitrogens is 4.